The van der Waals surface area contributed by atoms with Gasteiger partial charge in [-0.15, -0.1) is 0 Å². The van der Waals surface area contributed by atoms with Crippen LogP contribution in [0, 0.1) is 17.8 Å². The molecule has 0 spiro atoms. The molecule has 2 rings (SSSR count). The summed E-state index contributed by atoms with van der Waals surface area (Å²) in [6.07, 6.45) is 9.67. The zero-order valence-electron chi connectivity index (χ0n) is 13.3. The van der Waals surface area contributed by atoms with Crippen molar-refractivity contribution in [1.29, 1.82) is 0 Å². The van der Waals surface area contributed by atoms with Gasteiger partial charge >= 0.3 is 0 Å². The molecule has 0 aromatic rings. The lowest BCUT2D eigenvalue weighted by Gasteiger charge is -2.51. The van der Waals surface area contributed by atoms with Gasteiger partial charge in [0.05, 0.1) is 0 Å². The summed E-state index contributed by atoms with van der Waals surface area (Å²) in [5, 5.41) is 0. The van der Waals surface area contributed by atoms with Gasteiger partial charge in [0.25, 0.3) is 0 Å². The minimum Gasteiger partial charge on any atom is -0.329 e. The van der Waals surface area contributed by atoms with Crippen LogP contribution < -0.4 is 5.73 Å². The molecule has 0 amide bonds. The number of likely N-dealkylation sites (tertiary alicyclic amines) is 1. The van der Waals surface area contributed by atoms with Crippen LogP contribution in [-0.4, -0.2) is 30.1 Å². The number of hydrogen-bond donors (Lipinski definition) is 1. The second-order valence-corrected chi connectivity index (χ2v) is 7.29. The summed E-state index contributed by atoms with van der Waals surface area (Å²) in [7, 11) is 0. The zero-order chi connectivity index (χ0) is 13.9. The average Bonchev–Trinajstić information content (AvgIpc) is 2.88. The molecule has 2 nitrogen and oxygen atoms in total. The van der Waals surface area contributed by atoms with E-state index in [1.165, 1.54) is 58.0 Å². The highest BCUT2D eigenvalue weighted by molar-refractivity contribution is 5.03. The minimum absolute atomic E-state index is 0.328. The molecule has 1 saturated heterocycles. The summed E-state index contributed by atoms with van der Waals surface area (Å²) in [5.74, 6) is 2.52. The van der Waals surface area contributed by atoms with E-state index in [2.05, 4.69) is 25.7 Å². The van der Waals surface area contributed by atoms with Crippen molar-refractivity contribution in [3.63, 3.8) is 0 Å². The van der Waals surface area contributed by atoms with Crippen LogP contribution in [0.5, 0.6) is 0 Å². The van der Waals surface area contributed by atoms with Crippen LogP contribution in [0.2, 0.25) is 0 Å². The van der Waals surface area contributed by atoms with Crippen LogP contribution in [0.15, 0.2) is 0 Å². The van der Waals surface area contributed by atoms with Crippen molar-refractivity contribution in [2.75, 3.05) is 19.6 Å². The Kier molecular flexibility index (Phi) is 5.30. The standard InChI is InChI=1S/C17H34N2/c1-4-7-15-9-11-19(12-15)17(13-18)10-6-5-8-16(17)14(2)3/h14-16H,4-13,18H2,1-3H3. The van der Waals surface area contributed by atoms with E-state index in [-0.39, 0.29) is 0 Å². The van der Waals surface area contributed by atoms with Gasteiger partial charge in [-0.2, -0.15) is 0 Å². The Morgan fingerprint density at radius 1 is 1.26 bits per heavy atom. The molecule has 1 aliphatic carbocycles. The zero-order valence-corrected chi connectivity index (χ0v) is 13.3. The van der Waals surface area contributed by atoms with Gasteiger partial charge in [0.1, 0.15) is 0 Å². The molecule has 2 aliphatic rings. The minimum atomic E-state index is 0.328. The molecule has 1 heterocycles. The number of rotatable bonds is 5. The molecule has 3 unspecified atom stereocenters. The summed E-state index contributed by atoms with van der Waals surface area (Å²) >= 11 is 0. The second-order valence-electron chi connectivity index (χ2n) is 7.29. The van der Waals surface area contributed by atoms with E-state index >= 15 is 0 Å². The third kappa shape index (κ3) is 3.00. The normalized spacial score (nSPS) is 37.1. The Morgan fingerprint density at radius 3 is 2.68 bits per heavy atom. The van der Waals surface area contributed by atoms with Crippen LogP contribution in [0.1, 0.15) is 65.7 Å². The van der Waals surface area contributed by atoms with Crippen molar-refractivity contribution < 1.29 is 0 Å². The molecular weight excluding hydrogens is 232 g/mol. The number of hydrogen-bond acceptors (Lipinski definition) is 2. The highest BCUT2D eigenvalue weighted by Crippen LogP contribution is 2.44. The van der Waals surface area contributed by atoms with Crippen molar-refractivity contribution >= 4 is 0 Å². The Morgan fingerprint density at radius 2 is 2.05 bits per heavy atom. The fourth-order valence-electron chi connectivity index (χ4n) is 4.86. The average molecular weight is 266 g/mol. The van der Waals surface area contributed by atoms with Gasteiger partial charge in [-0.3, -0.25) is 4.90 Å². The fourth-order valence-corrected chi connectivity index (χ4v) is 4.86. The molecule has 2 heteroatoms. The van der Waals surface area contributed by atoms with Crippen molar-refractivity contribution in [2.45, 2.75) is 71.3 Å². The van der Waals surface area contributed by atoms with Crippen LogP contribution in [0.3, 0.4) is 0 Å². The molecule has 2 fully saturated rings. The molecular formula is C17H34N2. The Hall–Kier alpha value is -0.0800. The largest absolute Gasteiger partial charge is 0.329 e. The summed E-state index contributed by atoms with van der Waals surface area (Å²) < 4.78 is 0. The molecule has 2 N–H and O–H groups in total. The highest BCUT2D eigenvalue weighted by Gasteiger charge is 2.47. The Balaban J connectivity index is 2.12. The van der Waals surface area contributed by atoms with Crippen molar-refractivity contribution in [3.05, 3.63) is 0 Å². The molecule has 0 radical (unpaired) electrons. The van der Waals surface area contributed by atoms with E-state index in [0.29, 0.717) is 5.54 Å². The first-order chi connectivity index (χ1) is 9.14. The predicted molar refractivity (Wildman–Crippen MR) is 83.2 cm³/mol. The first kappa shape index (κ1) is 15.3. The maximum atomic E-state index is 6.32. The van der Waals surface area contributed by atoms with E-state index < -0.39 is 0 Å². The topological polar surface area (TPSA) is 29.3 Å². The Labute approximate surface area is 120 Å². The first-order valence-electron chi connectivity index (χ1n) is 8.59. The van der Waals surface area contributed by atoms with Gasteiger partial charge < -0.3 is 5.73 Å². The molecule has 19 heavy (non-hydrogen) atoms. The summed E-state index contributed by atoms with van der Waals surface area (Å²) in [6, 6.07) is 0. The summed E-state index contributed by atoms with van der Waals surface area (Å²) in [5.41, 5.74) is 6.65. The van der Waals surface area contributed by atoms with Crippen LogP contribution in [0.4, 0.5) is 0 Å². The quantitative estimate of drug-likeness (QED) is 0.823. The molecule has 3 atom stereocenters. The third-order valence-corrected chi connectivity index (χ3v) is 5.84. The summed E-state index contributed by atoms with van der Waals surface area (Å²) in [6.45, 7) is 10.6. The van der Waals surface area contributed by atoms with Crippen LogP contribution >= 0.6 is 0 Å². The molecule has 112 valence electrons. The van der Waals surface area contributed by atoms with Crippen molar-refractivity contribution in [3.8, 4) is 0 Å². The highest BCUT2D eigenvalue weighted by atomic mass is 15.2. The van der Waals surface area contributed by atoms with E-state index in [1.807, 2.05) is 0 Å². The maximum absolute atomic E-state index is 6.32. The monoisotopic (exact) mass is 266 g/mol. The predicted octanol–water partition coefficient (Wildman–Crippen LogP) is 3.65. The van der Waals surface area contributed by atoms with E-state index in [4.69, 9.17) is 5.73 Å². The molecule has 0 aromatic heterocycles. The van der Waals surface area contributed by atoms with Gasteiger partial charge in [-0.1, -0.05) is 40.0 Å². The SMILES string of the molecule is CCCC1CCN(C2(CN)CCCCC2C(C)C)C1. The molecule has 1 aliphatic heterocycles. The van der Waals surface area contributed by atoms with Gasteiger partial charge in [0.15, 0.2) is 0 Å². The fraction of sp³-hybridized carbons (Fsp3) is 1.00. The second kappa shape index (κ2) is 6.58. The number of nitrogens with zero attached hydrogens (tertiary/aromatic N) is 1. The molecule has 0 aromatic carbocycles. The van der Waals surface area contributed by atoms with Crippen LogP contribution in [0.25, 0.3) is 0 Å². The van der Waals surface area contributed by atoms with E-state index in [1.54, 1.807) is 0 Å². The molecule has 0 bridgehead atoms. The van der Waals surface area contributed by atoms with E-state index in [0.717, 1.165) is 24.3 Å². The lowest BCUT2D eigenvalue weighted by Crippen LogP contribution is -2.60. The van der Waals surface area contributed by atoms with Gasteiger partial charge in [-0.05, 0) is 50.0 Å². The van der Waals surface area contributed by atoms with Gasteiger partial charge in [0, 0.05) is 18.6 Å². The number of nitrogens with two attached hydrogens (primary N) is 1. The van der Waals surface area contributed by atoms with Crippen molar-refractivity contribution in [2.24, 2.45) is 23.5 Å². The van der Waals surface area contributed by atoms with Crippen molar-refractivity contribution in [1.82, 2.24) is 4.90 Å². The lowest BCUT2D eigenvalue weighted by molar-refractivity contribution is -0.000979. The maximum Gasteiger partial charge on any atom is 0.0362 e. The smallest absolute Gasteiger partial charge is 0.0362 e. The first-order valence-corrected chi connectivity index (χ1v) is 8.59. The lowest BCUT2D eigenvalue weighted by atomic mass is 9.67. The van der Waals surface area contributed by atoms with E-state index in [9.17, 15) is 0 Å². The molecule has 1 saturated carbocycles. The summed E-state index contributed by atoms with van der Waals surface area (Å²) in [4.78, 5) is 2.80. The Bertz CT molecular complexity index is 276. The van der Waals surface area contributed by atoms with Gasteiger partial charge in [-0.25, -0.2) is 0 Å². The third-order valence-electron chi connectivity index (χ3n) is 5.84. The van der Waals surface area contributed by atoms with Crippen LogP contribution in [-0.2, 0) is 0 Å². The van der Waals surface area contributed by atoms with Gasteiger partial charge in [0.2, 0.25) is 0 Å².